The van der Waals surface area contributed by atoms with Gasteiger partial charge in [0.25, 0.3) is 0 Å². The number of aromatic amines is 2. The van der Waals surface area contributed by atoms with Crippen LogP contribution in [0.25, 0.3) is 45.3 Å². The van der Waals surface area contributed by atoms with E-state index in [9.17, 15) is 22.8 Å². The molecule has 4 aromatic heterocycles. The molecule has 17 heteroatoms. The highest BCUT2D eigenvalue weighted by Gasteiger charge is 2.38. The first-order valence-electron chi connectivity index (χ1n) is 20.0. The number of aromatic nitrogens is 8. The van der Waals surface area contributed by atoms with Crippen molar-refractivity contribution in [1.82, 2.24) is 40.7 Å². The van der Waals surface area contributed by atoms with Crippen LogP contribution in [0.5, 0.6) is 0 Å². The summed E-state index contributed by atoms with van der Waals surface area (Å²) in [6.45, 7) is 10.5. The predicted molar refractivity (Wildman–Crippen MR) is 233 cm³/mol. The molecule has 0 saturated heterocycles. The van der Waals surface area contributed by atoms with Gasteiger partial charge in [0, 0.05) is 69.9 Å². The van der Waals surface area contributed by atoms with E-state index < -0.39 is 18.0 Å². The molecule has 14 nitrogen and oxygen atoms in total. The summed E-state index contributed by atoms with van der Waals surface area (Å²) in [5, 5.41) is 30.7. The van der Waals surface area contributed by atoms with Crippen molar-refractivity contribution in [2.75, 3.05) is 6.54 Å². The molecule has 5 N–H and O–H groups in total. The number of nitrogens with two attached hydrogens (primary N) is 1. The van der Waals surface area contributed by atoms with Gasteiger partial charge in [0.15, 0.2) is 5.78 Å². The first-order valence-corrected chi connectivity index (χ1v) is 20.0. The molecule has 0 aliphatic heterocycles. The number of nitrogens with one attached hydrogen (secondary N) is 2. The van der Waals surface area contributed by atoms with Crippen LogP contribution in [-0.2, 0) is 17.0 Å². The molecule has 0 fully saturated rings. The lowest BCUT2D eigenvalue weighted by molar-refractivity contribution is -0.159. The Balaban J connectivity index is 0.000000182. The van der Waals surface area contributed by atoms with Crippen molar-refractivity contribution < 1.29 is 36.9 Å². The number of rotatable bonds is 12. The maximum atomic E-state index is 12.8. The average Bonchev–Trinajstić information content (AvgIpc) is 4.15. The Kier molecular flexibility index (Phi) is 14.1. The van der Waals surface area contributed by atoms with Crippen LogP contribution in [0.2, 0.25) is 0 Å². The van der Waals surface area contributed by atoms with Crippen LogP contribution in [0, 0.1) is 6.92 Å². The minimum Gasteiger partial charge on any atom is -0.478 e. The third-order valence-electron chi connectivity index (χ3n) is 10.2. The van der Waals surface area contributed by atoms with Crippen LogP contribution in [0.3, 0.4) is 0 Å². The first-order chi connectivity index (χ1) is 30.4. The number of H-pyrrole nitrogens is 2. The minimum atomic E-state index is -4.72. The van der Waals surface area contributed by atoms with Crippen molar-refractivity contribution >= 4 is 11.8 Å². The molecular weight excluding hydrogens is 828 g/mol. The van der Waals surface area contributed by atoms with E-state index in [4.69, 9.17) is 15.4 Å². The Morgan fingerprint density at radius 1 is 0.641 bits per heavy atom. The van der Waals surface area contributed by atoms with E-state index in [0.717, 1.165) is 33.9 Å². The van der Waals surface area contributed by atoms with Gasteiger partial charge in [0.2, 0.25) is 17.5 Å². The van der Waals surface area contributed by atoms with Gasteiger partial charge in [-0.2, -0.15) is 33.3 Å². The molecule has 8 rings (SSSR count). The van der Waals surface area contributed by atoms with Crippen molar-refractivity contribution in [3.05, 3.63) is 156 Å². The summed E-state index contributed by atoms with van der Waals surface area (Å²) >= 11 is 0. The highest BCUT2D eigenvalue weighted by molar-refractivity contribution is 5.97. The fourth-order valence-electron chi connectivity index (χ4n) is 6.16. The molecular formula is C47H46F3N9O5. The lowest BCUT2D eigenvalue weighted by atomic mass is 9.83. The highest BCUT2D eigenvalue weighted by atomic mass is 19.4. The number of carboxylic acid groups (broad SMARTS) is 1. The molecule has 0 bridgehead atoms. The summed E-state index contributed by atoms with van der Waals surface area (Å²) in [4.78, 5) is 30.9. The number of ketones is 1. The largest absolute Gasteiger partial charge is 0.478 e. The first kappa shape index (κ1) is 46.0. The van der Waals surface area contributed by atoms with E-state index >= 15 is 0 Å². The van der Waals surface area contributed by atoms with Gasteiger partial charge >= 0.3 is 18.0 Å². The molecule has 0 atom stereocenters. The Labute approximate surface area is 366 Å². The fraction of sp³-hybridized carbons (Fsp3) is 0.234. The van der Waals surface area contributed by atoms with Crippen LogP contribution in [0.1, 0.15) is 84.4 Å². The molecule has 0 saturated carbocycles. The molecule has 0 aliphatic carbocycles. The summed E-state index contributed by atoms with van der Waals surface area (Å²) in [6, 6.07) is 36.6. The molecule has 4 aromatic carbocycles. The second-order valence-corrected chi connectivity index (χ2v) is 16.0. The van der Waals surface area contributed by atoms with Crippen LogP contribution in [-0.4, -0.2) is 64.1 Å². The monoisotopic (exact) mass is 873 g/mol. The summed E-state index contributed by atoms with van der Waals surface area (Å²) in [7, 11) is 0. The topological polar surface area (TPSA) is 216 Å². The van der Waals surface area contributed by atoms with Gasteiger partial charge < -0.3 is 19.9 Å². The average molecular weight is 874 g/mol. The zero-order valence-electron chi connectivity index (χ0n) is 35.6. The summed E-state index contributed by atoms with van der Waals surface area (Å²) in [5.74, 6) is -1.90. The summed E-state index contributed by atoms with van der Waals surface area (Å²) < 4.78 is 47.2. The van der Waals surface area contributed by atoms with Gasteiger partial charge in [-0.15, -0.1) is 0 Å². The molecule has 8 aromatic rings. The van der Waals surface area contributed by atoms with Crippen molar-refractivity contribution in [3.63, 3.8) is 0 Å². The number of hydrogen-bond donors (Lipinski definition) is 4. The lowest BCUT2D eigenvalue weighted by Gasteiger charge is -2.22. The summed E-state index contributed by atoms with van der Waals surface area (Å²) in [6.07, 6.45) is -3.93. The molecule has 0 aliphatic rings. The number of benzene rings is 4. The van der Waals surface area contributed by atoms with E-state index in [1.165, 1.54) is 24.3 Å². The van der Waals surface area contributed by atoms with E-state index in [2.05, 4.69) is 77.2 Å². The Bertz CT molecular complexity index is 2790. The molecule has 0 spiro atoms. The normalized spacial score (nSPS) is 11.6. The number of carbonyl (C=O) groups is 2. The predicted octanol–water partition coefficient (Wildman–Crippen LogP) is 10.1. The Hall–Kier alpha value is -7.53. The van der Waals surface area contributed by atoms with Gasteiger partial charge in [-0.25, -0.2) is 4.79 Å². The lowest BCUT2D eigenvalue weighted by Crippen LogP contribution is -2.28. The molecule has 4 heterocycles. The third kappa shape index (κ3) is 11.7. The smallest absolute Gasteiger partial charge is 0.471 e. The van der Waals surface area contributed by atoms with Crippen LogP contribution in [0.15, 0.2) is 130 Å². The Morgan fingerprint density at radius 3 is 1.61 bits per heavy atom. The maximum absolute atomic E-state index is 12.8. The number of alkyl halides is 3. The van der Waals surface area contributed by atoms with Gasteiger partial charge in [0.05, 0.1) is 17.0 Å². The van der Waals surface area contributed by atoms with E-state index in [0.29, 0.717) is 35.8 Å². The Morgan fingerprint density at radius 2 is 1.12 bits per heavy atom. The van der Waals surface area contributed by atoms with Crippen LogP contribution < -0.4 is 5.73 Å². The van der Waals surface area contributed by atoms with Crippen LogP contribution in [0.4, 0.5) is 13.2 Å². The minimum absolute atomic E-state index is 0.0555. The zero-order chi connectivity index (χ0) is 46.1. The van der Waals surface area contributed by atoms with E-state index in [1.807, 2.05) is 68.4 Å². The molecule has 330 valence electrons. The molecule has 0 radical (unpaired) electrons. The van der Waals surface area contributed by atoms with Gasteiger partial charge in [-0.3, -0.25) is 15.0 Å². The van der Waals surface area contributed by atoms with Crippen molar-refractivity contribution in [1.29, 1.82) is 0 Å². The molecule has 0 unspecified atom stereocenters. The number of carbonyl (C=O) groups excluding carboxylic acids is 1. The van der Waals surface area contributed by atoms with Crippen LogP contribution >= 0.6 is 0 Å². The molecule has 0 amide bonds. The second-order valence-electron chi connectivity index (χ2n) is 16.0. The van der Waals surface area contributed by atoms with E-state index in [1.54, 1.807) is 31.2 Å². The van der Waals surface area contributed by atoms with Crippen molar-refractivity contribution in [3.8, 4) is 45.3 Å². The zero-order valence-corrected chi connectivity index (χ0v) is 35.6. The van der Waals surface area contributed by atoms with Gasteiger partial charge in [0.1, 0.15) is 0 Å². The number of aryl methyl sites for hydroxylation is 1. The standard InChI is InChI=1S/C24H21F3N4O2.C13H17N3.C10H8N2O3/c1-23(2,20-14-18(29-30-20)15-7-4-3-5-8-15)12-11-19(32)16-9-6-10-17(13-16)21-28-22(33-31-21)24(25,26)27;1-13(2,9-14)12-8-11(15-16-12)10-6-4-3-5-7-10;1-6-11-9(12-15-6)7-3-2-4-8(5-7)10(13)14/h3-10,13-14H,11-12H2,1-2H3,(H,29,30);3-8H,9,14H2,1-2H3,(H,15,16);2-5H,1H3,(H,13,14). The van der Waals surface area contributed by atoms with Crippen molar-refractivity contribution in [2.24, 2.45) is 5.73 Å². The number of halogens is 3. The number of aromatic carboxylic acids is 1. The van der Waals surface area contributed by atoms with E-state index in [-0.39, 0.29) is 40.0 Å². The number of carboxylic acids is 1. The van der Waals surface area contributed by atoms with Gasteiger partial charge in [-0.1, -0.05) is 129 Å². The van der Waals surface area contributed by atoms with Crippen molar-refractivity contribution in [2.45, 2.75) is 64.5 Å². The highest BCUT2D eigenvalue weighted by Crippen LogP contribution is 2.32. The second kappa shape index (κ2) is 19.7. The summed E-state index contributed by atoms with van der Waals surface area (Å²) in [5.41, 5.74) is 12.7. The maximum Gasteiger partial charge on any atom is 0.471 e. The third-order valence-corrected chi connectivity index (χ3v) is 10.2. The molecule has 64 heavy (non-hydrogen) atoms. The fourth-order valence-corrected chi connectivity index (χ4v) is 6.16. The number of Topliss-reactive ketones (excluding diaryl/α,β-unsaturated/α-hetero) is 1. The number of hydrogen-bond acceptors (Lipinski definition) is 11. The number of nitrogens with zero attached hydrogens (tertiary/aromatic N) is 6. The SMILES string of the molecule is CC(C)(CCC(=O)c1cccc(-c2noc(C(F)(F)F)n2)c1)c1cc(-c2ccccc2)n[nH]1.CC(C)(CN)c1cc(-c2ccccc2)n[nH]1.Cc1nc(-c2cccc(C(=O)O)c2)no1. The quantitative estimate of drug-likeness (QED) is 0.0844. The van der Waals surface area contributed by atoms with Gasteiger partial charge in [-0.05, 0) is 36.8 Å².